The molecule has 0 radical (unpaired) electrons. The van der Waals surface area contributed by atoms with Gasteiger partial charge in [-0.25, -0.2) is 4.79 Å². The Hall–Kier alpha value is -2.08. The topological polar surface area (TPSA) is 87.7 Å². The molecule has 1 aromatic rings. The number of nitrogens with one attached hydrogen (secondary N) is 2. The highest BCUT2D eigenvalue weighted by Crippen LogP contribution is 2.28. The van der Waals surface area contributed by atoms with Gasteiger partial charge in [-0.05, 0) is 19.4 Å². The van der Waals surface area contributed by atoms with E-state index in [2.05, 4.69) is 10.6 Å². The van der Waals surface area contributed by atoms with Crippen LogP contribution in [-0.4, -0.2) is 36.4 Å². The van der Waals surface area contributed by atoms with Crippen molar-refractivity contribution in [1.82, 2.24) is 10.6 Å². The summed E-state index contributed by atoms with van der Waals surface area (Å²) in [5.74, 6) is -0.971. The van der Waals surface area contributed by atoms with Crippen LogP contribution in [0.5, 0.6) is 0 Å². The minimum Gasteiger partial charge on any atom is -0.481 e. The number of carbonyl (C=O) groups is 2. The third kappa shape index (κ3) is 3.33. The maximum atomic E-state index is 12.0. The molecule has 6 nitrogen and oxygen atoms in total. The Morgan fingerprint density at radius 3 is 2.67 bits per heavy atom. The third-order valence-electron chi connectivity index (χ3n) is 3.90. The number of rotatable bonds is 4. The summed E-state index contributed by atoms with van der Waals surface area (Å²) in [6, 6.07) is 8.45. The van der Waals surface area contributed by atoms with E-state index in [9.17, 15) is 14.7 Å². The van der Waals surface area contributed by atoms with Gasteiger partial charge in [-0.1, -0.05) is 30.3 Å². The molecular weight excluding hydrogens is 272 g/mol. The lowest BCUT2D eigenvalue weighted by molar-refractivity contribution is -0.148. The summed E-state index contributed by atoms with van der Waals surface area (Å²) in [6.45, 7) is 3.75. The molecule has 0 aromatic heterocycles. The number of hydrogen-bond donors (Lipinski definition) is 3. The summed E-state index contributed by atoms with van der Waals surface area (Å²) < 4.78 is 5.20. The van der Waals surface area contributed by atoms with Crippen LogP contribution in [0.15, 0.2) is 30.3 Å². The molecule has 1 heterocycles. The molecule has 1 aliphatic rings. The first-order chi connectivity index (χ1) is 9.93. The molecule has 1 aromatic carbocycles. The van der Waals surface area contributed by atoms with Crippen LogP contribution in [0.4, 0.5) is 4.79 Å². The SMILES string of the molecule is CC(NC(=O)NC1COCC1(C)C(=O)O)c1ccccc1. The zero-order valence-corrected chi connectivity index (χ0v) is 12.1. The van der Waals surface area contributed by atoms with Gasteiger partial charge in [0.2, 0.25) is 0 Å². The van der Waals surface area contributed by atoms with E-state index in [4.69, 9.17) is 4.74 Å². The zero-order valence-electron chi connectivity index (χ0n) is 12.1. The predicted octanol–water partition coefficient (Wildman–Crippen LogP) is 1.54. The van der Waals surface area contributed by atoms with E-state index in [0.717, 1.165) is 5.56 Å². The summed E-state index contributed by atoms with van der Waals surface area (Å²) in [7, 11) is 0. The van der Waals surface area contributed by atoms with Gasteiger partial charge in [-0.15, -0.1) is 0 Å². The third-order valence-corrected chi connectivity index (χ3v) is 3.90. The minimum atomic E-state index is -1.09. The average molecular weight is 292 g/mol. The minimum absolute atomic E-state index is 0.0987. The van der Waals surface area contributed by atoms with E-state index >= 15 is 0 Å². The van der Waals surface area contributed by atoms with Gasteiger partial charge in [0.1, 0.15) is 5.41 Å². The monoisotopic (exact) mass is 292 g/mol. The zero-order chi connectivity index (χ0) is 15.5. The van der Waals surface area contributed by atoms with E-state index in [1.54, 1.807) is 6.92 Å². The van der Waals surface area contributed by atoms with Gasteiger partial charge >= 0.3 is 12.0 Å². The Kier molecular flexibility index (Phi) is 4.47. The lowest BCUT2D eigenvalue weighted by Crippen LogP contribution is -2.52. The Bertz CT molecular complexity index is 520. The van der Waals surface area contributed by atoms with E-state index in [1.165, 1.54) is 0 Å². The van der Waals surface area contributed by atoms with E-state index in [0.29, 0.717) is 0 Å². The second-order valence-electron chi connectivity index (χ2n) is 5.54. The molecule has 3 N–H and O–H groups in total. The Morgan fingerprint density at radius 1 is 1.38 bits per heavy atom. The van der Waals surface area contributed by atoms with Gasteiger partial charge in [-0.2, -0.15) is 0 Å². The van der Waals surface area contributed by atoms with Gasteiger partial charge < -0.3 is 20.5 Å². The molecule has 0 saturated carbocycles. The summed E-state index contributed by atoms with van der Waals surface area (Å²) in [4.78, 5) is 23.3. The van der Waals surface area contributed by atoms with Crippen LogP contribution in [-0.2, 0) is 9.53 Å². The van der Waals surface area contributed by atoms with Crippen molar-refractivity contribution < 1.29 is 19.4 Å². The highest BCUT2D eigenvalue weighted by Gasteiger charge is 2.47. The number of urea groups is 1. The summed E-state index contributed by atoms with van der Waals surface area (Å²) in [5, 5.41) is 14.8. The molecule has 0 aliphatic carbocycles. The summed E-state index contributed by atoms with van der Waals surface area (Å²) in [6.07, 6.45) is 0. The molecule has 1 saturated heterocycles. The number of hydrogen-bond acceptors (Lipinski definition) is 3. The van der Waals surface area contributed by atoms with Crippen molar-refractivity contribution in [3.8, 4) is 0 Å². The first-order valence-electron chi connectivity index (χ1n) is 6.86. The number of carbonyl (C=O) groups excluding carboxylic acids is 1. The van der Waals surface area contributed by atoms with Crippen molar-refractivity contribution in [2.75, 3.05) is 13.2 Å². The Morgan fingerprint density at radius 2 is 2.05 bits per heavy atom. The molecule has 1 fully saturated rings. The molecule has 1 aliphatic heterocycles. The molecule has 0 bridgehead atoms. The highest BCUT2D eigenvalue weighted by molar-refractivity contribution is 5.79. The average Bonchev–Trinajstić information content (AvgIpc) is 2.82. The Labute approximate surface area is 123 Å². The van der Waals surface area contributed by atoms with Crippen LogP contribution in [0, 0.1) is 5.41 Å². The fourth-order valence-electron chi connectivity index (χ4n) is 2.31. The second kappa shape index (κ2) is 6.13. The molecule has 6 heteroatoms. The fraction of sp³-hybridized carbons (Fsp3) is 0.467. The van der Waals surface area contributed by atoms with Gasteiger partial charge in [-0.3, -0.25) is 4.79 Å². The first-order valence-corrected chi connectivity index (χ1v) is 6.86. The molecule has 2 amide bonds. The number of carboxylic acids is 1. The number of aliphatic carboxylic acids is 1. The number of benzene rings is 1. The van der Waals surface area contributed by atoms with Crippen molar-refractivity contribution in [2.24, 2.45) is 5.41 Å². The number of amides is 2. The van der Waals surface area contributed by atoms with Crippen molar-refractivity contribution in [2.45, 2.75) is 25.9 Å². The molecule has 21 heavy (non-hydrogen) atoms. The fourth-order valence-corrected chi connectivity index (χ4v) is 2.31. The lowest BCUT2D eigenvalue weighted by atomic mass is 9.85. The standard InChI is InChI=1S/C15H20N2O4/c1-10(11-6-4-3-5-7-11)16-14(20)17-12-8-21-9-15(12,2)13(18)19/h3-7,10,12H,8-9H2,1-2H3,(H,18,19)(H2,16,17,20). The van der Waals surface area contributed by atoms with Crippen LogP contribution < -0.4 is 10.6 Å². The first kappa shape index (κ1) is 15.3. The maximum Gasteiger partial charge on any atom is 0.315 e. The van der Waals surface area contributed by atoms with Crippen molar-refractivity contribution in [3.05, 3.63) is 35.9 Å². The van der Waals surface area contributed by atoms with Crippen LogP contribution in [0.2, 0.25) is 0 Å². The Balaban J connectivity index is 1.94. The summed E-state index contributed by atoms with van der Waals surface area (Å²) >= 11 is 0. The molecule has 3 atom stereocenters. The largest absolute Gasteiger partial charge is 0.481 e. The smallest absolute Gasteiger partial charge is 0.315 e. The molecule has 0 spiro atoms. The number of ether oxygens (including phenoxy) is 1. The van der Waals surface area contributed by atoms with Gasteiger partial charge in [0, 0.05) is 0 Å². The van der Waals surface area contributed by atoms with E-state index in [1.807, 2.05) is 37.3 Å². The lowest BCUT2D eigenvalue weighted by Gasteiger charge is -2.26. The van der Waals surface area contributed by atoms with Crippen molar-refractivity contribution in [1.29, 1.82) is 0 Å². The quantitative estimate of drug-likeness (QED) is 0.785. The van der Waals surface area contributed by atoms with Crippen LogP contribution in [0.3, 0.4) is 0 Å². The van der Waals surface area contributed by atoms with Crippen LogP contribution in [0.1, 0.15) is 25.5 Å². The molecule has 114 valence electrons. The summed E-state index contributed by atoms with van der Waals surface area (Å²) in [5.41, 5.74) is -0.107. The molecular formula is C15H20N2O4. The van der Waals surface area contributed by atoms with Crippen molar-refractivity contribution in [3.63, 3.8) is 0 Å². The van der Waals surface area contributed by atoms with Crippen molar-refractivity contribution >= 4 is 12.0 Å². The van der Waals surface area contributed by atoms with Crippen LogP contribution in [0.25, 0.3) is 0 Å². The van der Waals surface area contributed by atoms with Gasteiger partial charge in [0.05, 0.1) is 25.3 Å². The number of carboxylic acid groups (broad SMARTS) is 1. The van der Waals surface area contributed by atoms with Gasteiger partial charge in [0.15, 0.2) is 0 Å². The normalized spacial score (nSPS) is 26.1. The highest BCUT2D eigenvalue weighted by atomic mass is 16.5. The maximum absolute atomic E-state index is 12.0. The van der Waals surface area contributed by atoms with E-state index < -0.39 is 23.5 Å². The van der Waals surface area contributed by atoms with Crippen LogP contribution >= 0.6 is 0 Å². The molecule has 3 unspecified atom stereocenters. The van der Waals surface area contributed by atoms with E-state index in [-0.39, 0.29) is 19.3 Å². The molecule has 2 rings (SSSR count). The second-order valence-corrected chi connectivity index (χ2v) is 5.54. The van der Waals surface area contributed by atoms with Gasteiger partial charge in [0.25, 0.3) is 0 Å². The predicted molar refractivity (Wildman–Crippen MR) is 76.9 cm³/mol.